The van der Waals surface area contributed by atoms with Gasteiger partial charge < -0.3 is 14.4 Å². The Balaban J connectivity index is 2.92. The van der Waals surface area contributed by atoms with Crippen LogP contribution < -0.4 is 4.90 Å². The number of ether oxygens (including phenoxy) is 2. The fourth-order valence-electron chi connectivity index (χ4n) is 1.61. The molecule has 0 spiro atoms. The normalized spacial score (nSPS) is 9.95. The maximum absolute atomic E-state index is 11.4. The molecule has 1 aromatic heterocycles. The van der Waals surface area contributed by atoms with Gasteiger partial charge in [0, 0.05) is 11.8 Å². The van der Waals surface area contributed by atoms with Crippen molar-refractivity contribution in [3.8, 4) is 0 Å². The number of carbonyl (C=O) groups is 2. The van der Waals surface area contributed by atoms with Crippen LogP contribution in [0.25, 0.3) is 0 Å². The van der Waals surface area contributed by atoms with E-state index in [1.165, 1.54) is 25.4 Å². The molecule has 20 heavy (non-hydrogen) atoms. The van der Waals surface area contributed by atoms with Crippen LogP contribution in [0.1, 0.15) is 19.0 Å². The minimum absolute atomic E-state index is 0.0752. The first-order valence-corrected chi connectivity index (χ1v) is 6.30. The lowest BCUT2D eigenvalue weighted by Gasteiger charge is -2.21. The molecule has 1 heterocycles. The van der Waals surface area contributed by atoms with E-state index in [9.17, 15) is 9.59 Å². The summed E-state index contributed by atoms with van der Waals surface area (Å²) < 4.78 is 9.24. The lowest BCUT2D eigenvalue weighted by atomic mass is 10.2. The van der Waals surface area contributed by atoms with Crippen molar-refractivity contribution < 1.29 is 19.1 Å². The molecule has 0 N–H and O–H groups in total. The van der Waals surface area contributed by atoms with E-state index in [1.807, 2.05) is 6.92 Å². The van der Waals surface area contributed by atoms with Gasteiger partial charge >= 0.3 is 11.9 Å². The number of hydrogen-bond donors (Lipinski definition) is 0. The molecule has 0 saturated heterocycles. The van der Waals surface area contributed by atoms with Crippen LogP contribution in [-0.4, -0.2) is 49.2 Å². The van der Waals surface area contributed by atoms with Crippen molar-refractivity contribution in [1.82, 2.24) is 9.97 Å². The molecule has 0 amide bonds. The summed E-state index contributed by atoms with van der Waals surface area (Å²) in [5, 5.41) is 0. The molecule has 0 radical (unpaired) electrons. The van der Waals surface area contributed by atoms with E-state index < -0.39 is 11.9 Å². The zero-order chi connectivity index (χ0) is 15.0. The quantitative estimate of drug-likeness (QED) is 0.676. The van der Waals surface area contributed by atoms with Crippen molar-refractivity contribution in [1.29, 1.82) is 0 Å². The Morgan fingerprint density at radius 2 is 1.75 bits per heavy atom. The number of rotatable bonds is 7. The van der Waals surface area contributed by atoms with E-state index in [0.717, 1.165) is 18.5 Å². The summed E-state index contributed by atoms with van der Waals surface area (Å²) in [4.78, 5) is 32.6. The van der Waals surface area contributed by atoms with E-state index in [0.29, 0.717) is 5.82 Å². The third-order valence-corrected chi connectivity index (χ3v) is 2.63. The van der Waals surface area contributed by atoms with Crippen LogP contribution >= 0.6 is 0 Å². The van der Waals surface area contributed by atoms with Gasteiger partial charge in [-0.15, -0.1) is 0 Å². The predicted molar refractivity (Wildman–Crippen MR) is 72.3 cm³/mol. The number of carbonyl (C=O) groups excluding carboxylic acids is 2. The van der Waals surface area contributed by atoms with Crippen molar-refractivity contribution in [2.75, 3.05) is 32.2 Å². The summed E-state index contributed by atoms with van der Waals surface area (Å²) in [5.41, 5.74) is 0.859. The smallest absolute Gasteiger partial charge is 0.325 e. The molecule has 0 atom stereocenters. The fourth-order valence-corrected chi connectivity index (χ4v) is 1.61. The lowest BCUT2D eigenvalue weighted by molar-refractivity contribution is -0.140. The average Bonchev–Trinajstić information content (AvgIpc) is 2.46. The van der Waals surface area contributed by atoms with Gasteiger partial charge in [0.05, 0.1) is 14.2 Å². The van der Waals surface area contributed by atoms with Gasteiger partial charge in [-0.25, -0.2) is 9.97 Å². The second-order valence-electron chi connectivity index (χ2n) is 4.13. The monoisotopic (exact) mass is 281 g/mol. The van der Waals surface area contributed by atoms with Gasteiger partial charge in [0.25, 0.3) is 0 Å². The number of aryl methyl sites for hydroxylation is 1. The molecule has 0 aliphatic carbocycles. The zero-order valence-electron chi connectivity index (χ0n) is 12.0. The molecule has 110 valence electrons. The summed E-state index contributed by atoms with van der Waals surface area (Å²) in [6, 6.07) is 1.76. The number of nitrogens with zero attached hydrogens (tertiary/aromatic N) is 3. The van der Waals surface area contributed by atoms with Crippen LogP contribution in [0.3, 0.4) is 0 Å². The molecule has 0 fully saturated rings. The lowest BCUT2D eigenvalue weighted by Crippen LogP contribution is -2.36. The van der Waals surface area contributed by atoms with E-state index >= 15 is 0 Å². The van der Waals surface area contributed by atoms with Crippen molar-refractivity contribution in [2.45, 2.75) is 19.8 Å². The Labute approximate surface area is 117 Å². The minimum Gasteiger partial charge on any atom is -0.468 e. The fraction of sp³-hybridized carbons (Fsp3) is 0.538. The molecular formula is C13H19N3O4. The van der Waals surface area contributed by atoms with Crippen molar-refractivity contribution >= 4 is 17.8 Å². The second kappa shape index (κ2) is 8.08. The van der Waals surface area contributed by atoms with E-state index in [-0.39, 0.29) is 13.1 Å². The highest BCUT2D eigenvalue weighted by Crippen LogP contribution is 2.12. The van der Waals surface area contributed by atoms with Crippen LogP contribution in [0.2, 0.25) is 0 Å². The van der Waals surface area contributed by atoms with Crippen molar-refractivity contribution in [3.63, 3.8) is 0 Å². The second-order valence-corrected chi connectivity index (χ2v) is 4.13. The maximum atomic E-state index is 11.4. The zero-order valence-corrected chi connectivity index (χ0v) is 12.0. The summed E-state index contributed by atoms with van der Waals surface area (Å²) in [6.07, 6.45) is 3.17. The summed E-state index contributed by atoms with van der Waals surface area (Å²) in [7, 11) is 2.59. The van der Waals surface area contributed by atoms with E-state index in [1.54, 1.807) is 6.07 Å². The topological polar surface area (TPSA) is 81.6 Å². The molecule has 1 aromatic rings. The molecule has 7 heteroatoms. The molecule has 0 unspecified atom stereocenters. The summed E-state index contributed by atoms with van der Waals surface area (Å²) >= 11 is 0. The molecule has 1 rings (SSSR count). The van der Waals surface area contributed by atoms with E-state index in [2.05, 4.69) is 19.4 Å². The summed E-state index contributed by atoms with van der Waals surface area (Å²) in [6.45, 7) is 1.89. The Morgan fingerprint density at radius 1 is 1.15 bits per heavy atom. The standard InChI is InChI=1S/C13H19N3O4/c1-4-5-10-6-11(15-9-14-10)16(7-12(17)19-2)8-13(18)20-3/h6,9H,4-5,7-8H2,1-3H3. The largest absolute Gasteiger partial charge is 0.468 e. The van der Waals surface area contributed by atoms with Crippen molar-refractivity contribution in [2.24, 2.45) is 0 Å². The highest BCUT2D eigenvalue weighted by atomic mass is 16.5. The highest BCUT2D eigenvalue weighted by molar-refractivity contribution is 5.80. The van der Waals surface area contributed by atoms with Gasteiger partial charge in [-0.2, -0.15) is 0 Å². The van der Waals surface area contributed by atoms with Crippen LogP contribution in [-0.2, 0) is 25.5 Å². The van der Waals surface area contributed by atoms with Gasteiger partial charge in [-0.1, -0.05) is 13.3 Å². The van der Waals surface area contributed by atoms with Gasteiger partial charge in [-0.05, 0) is 6.42 Å². The number of hydrogen-bond acceptors (Lipinski definition) is 7. The van der Waals surface area contributed by atoms with E-state index in [4.69, 9.17) is 0 Å². The summed E-state index contributed by atoms with van der Waals surface area (Å²) in [5.74, 6) is -0.409. The van der Waals surface area contributed by atoms with Crippen LogP contribution in [0.5, 0.6) is 0 Å². The average molecular weight is 281 g/mol. The molecule has 0 saturated carbocycles. The number of esters is 2. The van der Waals surface area contributed by atoms with Crippen molar-refractivity contribution in [3.05, 3.63) is 18.1 Å². The number of aromatic nitrogens is 2. The maximum Gasteiger partial charge on any atom is 0.325 e. The molecule has 0 bridgehead atoms. The predicted octanol–water partition coefficient (Wildman–Crippen LogP) is 0.581. The van der Waals surface area contributed by atoms with Crippen LogP contribution in [0.15, 0.2) is 12.4 Å². The first-order chi connectivity index (χ1) is 9.60. The Kier molecular flexibility index (Phi) is 6.42. The van der Waals surface area contributed by atoms with Crippen LogP contribution in [0, 0.1) is 0 Å². The minimum atomic E-state index is -0.454. The Bertz CT molecular complexity index is 447. The van der Waals surface area contributed by atoms with Gasteiger partial charge in [0.15, 0.2) is 0 Å². The van der Waals surface area contributed by atoms with Gasteiger partial charge in [-0.3, -0.25) is 9.59 Å². The molecule has 0 aromatic carbocycles. The van der Waals surface area contributed by atoms with Gasteiger partial charge in [0.2, 0.25) is 0 Å². The first-order valence-electron chi connectivity index (χ1n) is 6.30. The third kappa shape index (κ3) is 4.83. The molecular weight excluding hydrogens is 262 g/mol. The SMILES string of the molecule is CCCc1cc(N(CC(=O)OC)CC(=O)OC)ncn1. The third-order valence-electron chi connectivity index (χ3n) is 2.63. The molecule has 7 nitrogen and oxygen atoms in total. The molecule has 0 aliphatic heterocycles. The van der Waals surface area contributed by atoms with Gasteiger partial charge in [0.1, 0.15) is 25.2 Å². The van der Waals surface area contributed by atoms with Crippen LogP contribution in [0.4, 0.5) is 5.82 Å². The first kappa shape index (κ1) is 15.9. The number of methoxy groups -OCH3 is 2. The molecule has 0 aliphatic rings. The highest BCUT2D eigenvalue weighted by Gasteiger charge is 2.17. The Hall–Kier alpha value is -2.18. The Morgan fingerprint density at radius 3 is 2.25 bits per heavy atom. The number of anilines is 1.